The SMILES string of the molecule is CC(C)(C)Cc1cc(NC(=O)Cc2ccc(-c3nn(C(C)(C)CO)c(N)c3C(N)=O)cc2)on1. The number of rotatable bonds is 8. The van der Waals surface area contributed by atoms with Crippen molar-refractivity contribution in [3.63, 3.8) is 0 Å². The third kappa shape index (κ3) is 5.63. The number of primary amides is 1. The lowest BCUT2D eigenvalue weighted by atomic mass is 9.91. The molecule has 2 aromatic heterocycles. The number of amides is 2. The van der Waals surface area contributed by atoms with Gasteiger partial charge >= 0.3 is 0 Å². The molecule has 0 aliphatic heterocycles. The van der Waals surface area contributed by atoms with Crippen LogP contribution in [0.4, 0.5) is 11.7 Å². The molecule has 0 unspecified atom stereocenters. The number of hydrogen-bond donors (Lipinski definition) is 4. The molecule has 0 fully saturated rings. The number of nitrogens with one attached hydrogen (secondary N) is 1. The van der Waals surface area contributed by atoms with Gasteiger partial charge in [-0.1, -0.05) is 50.2 Å². The van der Waals surface area contributed by atoms with E-state index in [4.69, 9.17) is 16.0 Å². The minimum absolute atomic E-state index is 0.0582. The normalized spacial score (nSPS) is 12.1. The lowest BCUT2D eigenvalue weighted by Crippen LogP contribution is -2.32. The lowest BCUT2D eigenvalue weighted by Gasteiger charge is -2.23. The quantitative estimate of drug-likeness (QED) is 0.395. The zero-order valence-electron chi connectivity index (χ0n) is 20.2. The van der Waals surface area contributed by atoms with Crippen LogP contribution in [0, 0.1) is 5.41 Å². The first-order valence-corrected chi connectivity index (χ1v) is 10.9. The van der Waals surface area contributed by atoms with E-state index < -0.39 is 11.4 Å². The number of aliphatic hydroxyl groups excluding tert-OH is 1. The Bertz CT molecular complexity index is 1190. The van der Waals surface area contributed by atoms with Gasteiger partial charge in [0.25, 0.3) is 5.91 Å². The van der Waals surface area contributed by atoms with Crippen molar-refractivity contribution < 1.29 is 19.2 Å². The molecule has 1 aromatic carbocycles. The molecule has 0 radical (unpaired) electrons. The molecule has 10 nitrogen and oxygen atoms in total. The standard InChI is InChI=1S/C24H32N6O4/c1-23(2,3)12-16-11-18(34-29-16)27-17(32)10-14-6-8-15(9-7-14)20-19(22(26)33)21(25)30(28-20)24(4,5)13-31/h6-9,11,31H,10,12-13,25H2,1-5H3,(H2,26,33)(H,27,32). The number of nitrogen functional groups attached to an aromatic ring is 1. The highest BCUT2D eigenvalue weighted by atomic mass is 16.5. The number of anilines is 2. The highest BCUT2D eigenvalue weighted by Crippen LogP contribution is 2.31. The van der Waals surface area contributed by atoms with Crippen LogP contribution in [0.25, 0.3) is 11.3 Å². The summed E-state index contributed by atoms with van der Waals surface area (Å²) < 4.78 is 6.61. The summed E-state index contributed by atoms with van der Waals surface area (Å²) in [4.78, 5) is 24.5. The molecule has 34 heavy (non-hydrogen) atoms. The van der Waals surface area contributed by atoms with Gasteiger partial charge in [0.2, 0.25) is 11.8 Å². The van der Waals surface area contributed by atoms with E-state index in [-0.39, 0.29) is 35.7 Å². The van der Waals surface area contributed by atoms with Crippen LogP contribution in [-0.2, 0) is 23.2 Å². The molecular weight excluding hydrogens is 436 g/mol. The second-order valence-electron chi connectivity index (χ2n) is 10.2. The van der Waals surface area contributed by atoms with Gasteiger partial charge in [0.05, 0.1) is 24.3 Å². The van der Waals surface area contributed by atoms with Gasteiger partial charge in [0, 0.05) is 11.6 Å². The molecule has 6 N–H and O–H groups in total. The molecule has 3 aromatic rings. The van der Waals surface area contributed by atoms with E-state index in [1.807, 2.05) is 0 Å². The van der Waals surface area contributed by atoms with Crippen LogP contribution in [0.3, 0.4) is 0 Å². The van der Waals surface area contributed by atoms with Crippen LogP contribution >= 0.6 is 0 Å². The predicted octanol–water partition coefficient (Wildman–Crippen LogP) is 2.72. The molecule has 0 saturated heterocycles. The first kappa shape index (κ1) is 25.0. The Morgan fingerprint density at radius 1 is 1.15 bits per heavy atom. The highest BCUT2D eigenvalue weighted by molar-refractivity contribution is 6.03. The number of nitrogens with zero attached hydrogens (tertiary/aromatic N) is 3. The summed E-state index contributed by atoms with van der Waals surface area (Å²) in [7, 11) is 0. The predicted molar refractivity (Wildman–Crippen MR) is 129 cm³/mol. The number of carbonyl (C=O) groups excluding carboxylic acids is 2. The van der Waals surface area contributed by atoms with Crippen molar-refractivity contribution in [2.45, 2.75) is 53.0 Å². The largest absolute Gasteiger partial charge is 0.394 e. The van der Waals surface area contributed by atoms with Gasteiger partial charge in [-0.25, -0.2) is 4.68 Å². The monoisotopic (exact) mass is 468 g/mol. The van der Waals surface area contributed by atoms with E-state index in [9.17, 15) is 14.7 Å². The lowest BCUT2D eigenvalue weighted by molar-refractivity contribution is -0.115. The van der Waals surface area contributed by atoms with Gasteiger partial charge in [0.1, 0.15) is 17.1 Å². The van der Waals surface area contributed by atoms with Crippen LogP contribution < -0.4 is 16.8 Å². The molecule has 0 aliphatic carbocycles. The maximum atomic E-state index is 12.5. The molecule has 0 aliphatic rings. The van der Waals surface area contributed by atoms with Crippen LogP contribution in [0.5, 0.6) is 0 Å². The van der Waals surface area contributed by atoms with Gasteiger partial charge < -0.3 is 21.1 Å². The topological polar surface area (TPSA) is 162 Å². The average Bonchev–Trinajstić information content (AvgIpc) is 3.31. The van der Waals surface area contributed by atoms with E-state index in [0.717, 1.165) is 17.7 Å². The molecule has 2 heterocycles. The van der Waals surface area contributed by atoms with Crippen molar-refractivity contribution in [3.05, 3.63) is 47.2 Å². The number of benzene rings is 1. The van der Waals surface area contributed by atoms with Gasteiger partial charge in [-0.2, -0.15) is 5.10 Å². The zero-order valence-corrected chi connectivity index (χ0v) is 20.2. The summed E-state index contributed by atoms with van der Waals surface area (Å²) in [5, 5.41) is 20.8. The van der Waals surface area contributed by atoms with Gasteiger partial charge in [0.15, 0.2) is 0 Å². The molecular formula is C24H32N6O4. The van der Waals surface area contributed by atoms with Crippen molar-refractivity contribution in [1.29, 1.82) is 0 Å². The van der Waals surface area contributed by atoms with E-state index in [2.05, 4.69) is 36.3 Å². The summed E-state index contributed by atoms with van der Waals surface area (Å²) in [5.74, 6) is -0.571. The number of hydrogen-bond acceptors (Lipinski definition) is 7. The van der Waals surface area contributed by atoms with Gasteiger partial charge in [-0.3, -0.25) is 14.9 Å². The fourth-order valence-electron chi connectivity index (χ4n) is 3.55. The third-order valence-corrected chi connectivity index (χ3v) is 5.25. The first-order chi connectivity index (χ1) is 15.8. The summed E-state index contributed by atoms with van der Waals surface area (Å²) in [6.07, 6.45) is 0.850. The molecule has 0 bridgehead atoms. The number of carbonyl (C=O) groups is 2. The number of aliphatic hydroxyl groups is 1. The van der Waals surface area contributed by atoms with Crippen molar-refractivity contribution in [3.8, 4) is 11.3 Å². The fraction of sp³-hybridized carbons (Fsp3) is 0.417. The van der Waals surface area contributed by atoms with E-state index >= 15 is 0 Å². The first-order valence-electron chi connectivity index (χ1n) is 10.9. The van der Waals surface area contributed by atoms with E-state index in [1.165, 1.54) is 4.68 Å². The summed E-state index contributed by atoms with van der Waals surface area (Å²) in [6, 6.07) is 8.73. The molecule has 182 valence electrons. The van der Waals surface area contributed by atoms with Gasteiger partial charge in [-0.05, 0) is 31.2 Å². The van der Waals surface area contributed by atoms with Crippen LogP contribution in [-0.4, -0.2) is 38.5 Å². The smallest absolute Gasteiger partial charge is 0.254 e. The maximum absolute atomic E-state index is 12.5. The molecule has 3 rings (SSSR count). The maximum Gasteiger partial charge on any atom is 0.254 e. The van der Waals surface area contributed by atoms with Crippen LogP contribution in [0.2, 0.25) is 0 Å². The van der Waals surface area contributed by atoms with Gasteiger partial charge in [-0.15, -0.1) is 0 Å². The Balaban J connectivity index is 1.75. The Morgan fingerprint density at radius 2 is 1.79 bits per heavy atom. The minimum atomic E-state index is -0.821. The summed E-state index contributed by atoms with van der Waals surface area (Å²) >= 11 is 0. The number of nitrogens with two attached hydrogens (primary N) is 2. The van der Waals surface area contributed by atoms with Crippen molar-refractivity contribution in [2.75, 3.05) is 17.7 Å². The Kier molecular flexibility index (Phi) is 6.83. The number of aromatic nitrogens is 3. The average molecular weight is 469 g/mol. The minimum Gasteiger partial charge on any atom is -0.394 e. The molecule has 0 spiro atoms. The Labute approximate surface area is 198 Å². The highest BCUT2D eigenvalue weighted by Gasteiger charge is 2.29. The third-order valence-electron chi connectivity index (χ3n) is 5.25. The molecule has 2 amide bonds. The summed E-state index contributed by atoms with van der Waals surface area (Å²) in [5.41, 5.74) is 13.5. The summed E-state index contributed by atoms with van der Waals surface area (Å²) in [6.45, 7) is 9.56. The second-order valence-corrected chi connectivity index (χ2v) is 10.2. The molecule has 0 atom stereocenters. The Morgan fingerprint density at radius 3 is 2.35 bits per heavy atom. The van der Waals surface area contributed by atoms with E-state index in [0.29, 0.717) is 17.1 Å². The van der Waals surface area contributed by atoms with Crippen molar-refractivity contribution in [1.82, 2.24) is 14.9 Å². The molecule has 10 heteroatoms. The van der Waals surface area contributed by atoms with E-state index in [1.54, 1.807) is 44.2 Å². The van der Waals surface area contributed by atoms with Crippen LogP contribution in [0.1, 0.15) is 56.2 Å². The van der Waals surface area contributed by atoms with Crippen molar-refractivity contribution >= 4 is 23.5 Å². The second kappa shape index (κ2) is 9.30. The van der Waals surface area contributed by atoms with Crippen molar-refractivity contribution in [2.24, 2.45) is 11.1 Å². The zero-order chi connectivity index (χ0) is 25.3. The Hall–Kier alpha value is -3.66. The van der Waals surface area contributed by atoms with Crippen LogP contribution in [0.15, 0.2) is 34.9 Å². The fourth-order valence-corrected chi connectivity index (χ4v) is 3.55. The molecule has 0 saturated carbocycles.